The molecule has 0 aromatic heterocycles. The summed E-state index contributed by atoms with van der Waals surface area (Å²) in [5.41, 5.74) is -0.484. The van der Waals surface area contributed by atoms with Gasteiger partial charge in [0.1, 0.15) is 0 Å². The maximum Gasteiger partial charge on any atom is 0.304 e. The van der Waals surface area contributed by atoms with E-state index < -0.39 is 16.4 Å². The first-order valence-electron chi connectivity index (χ1n) is 4.61. The Bertz CT molecular complexity index is 264. The second-order valence-electron chi connectivity index (χ2n) is 1.71. The van der Waals surface area contributed by atoms with E-state index in [-0.39, 0.29) is 0 Å². The number of nitrogens with zero attached hydrogens (tertiary/aromatic N) is 1. The molecule has 0 unspecified atom stereocenters. The number of benzene rings is 1. The average Bonchev–Trinajstić information content (AvgIpc) is 2.24. The predicted octanol–water partition coefficient (Wildman–Crippen LogP) is 3.79. The van der Waals surface area contributed by atoms with E-state index in [0.29, 0.717) is 0 Å². The molecule has 0 radical (unpaired) electrons. The first-order valence-corrected chi connectivity index (χ1v) is 4.61. The topological polar surface area (TPSA) is 43.1 Å². The molecule has 0 aliphatic heterocycles. The molecule has 0 aliphatic rings. The SMILES string of the molecule is CC.CC.O=[N+]([O-])c1ccccc1F. The fourth-order valence-corrected chi connectivity index (χ4v) is 0.600. The lowest BCUT2D eigenvalue weighted by Gasteiger charge is -1.89. The number of nitro groups is 1. The summed E-state index contributed by atoms with van der Waals surface area (Å²) in [7, 11) is 0. The lowest BCUT2D eigenvalue weighted by molar-refractivity contribution is -0.387. The van der Waals surface area contributed by atoms with Crippen LogP contribution in [0.25, 0.3) is 0 Å². The summed E-state index contributed by atoms with van der Waals surface area (Å²) in [5, 5.41) is 9.99. The number of para-hydroxylation sites is 1. The first kappa shape index (κ1) is 15.0. The molecular weight excluding hydrogens is 185 g/mol. The van der Waals surface area contributed by atoms with E-state index in [1.807, 2.05) is 27.7 Å². The van der Waals surface area contributed by atoms with Gasteiger partial charge in [-0.25, -0.2) is 0 Å². The van der Waals surface area contributed by atoms with Gasteiger partial charge in [0.2, 0.25) is 5.82 Å². The van der Waals surface area contributed by atoms with Crippen molar-refractivity contribution in [3.8, 4) is 0 Å². The number of hydrogen-bond donors (Lipinski definition) is 0. The molecule has 1 aromatic rings. The number of nitro benzene ring substituents is 1. The van der Waals surface area contributed by atoms with Crippen molar-refractivity contribution >= 4 is 5.69 Å². The third-order valence-corrected chi connectivity index (χ3v) is 1.05. The van der Waals surface area contributed by atoms with E-state index in [1.54, 1.807) is 0 Å². The van der Waals surface area contributed by atoms with Crippen LogP contribution in [-0.4, -0.2) is 4.92 Å². The largest absolute Gasteiger partial charge is 0.304 e. The second-order valence-corrected chi connectivity index (χ2v) is 1.71. The van der Waals surface area contributed by atoms with Crippen molar-refractivity contribution in [1.82, 2.24) is 0 Å². The molecule has 0 amide bonds. The van der Waals surface area contributed by atoms with Crippen molar-refractivity contribution in [2.75, 3.05) is 0 Å². The van der Waals surface area contributed by atoms with E-state index in [2.05, 4.69) is 0 Å². The lowest BCUT2D eigenvalue weighted by Crippen LogP contribution is -1.90. The minimum atomic E-state index is -0.799. The molecule has 0 saturated heterocycles. The van der Waals surface area contributed by atoms with Crippen molar-refractivity contribution in [2.45, 2.75) is 27.7 Å². The van der Waals surface area contributed by atoms with Crippen LogP contribution in [0.2, 0.25) is 0 Å². The van der Waals surface area contributed by atoms with E-state index in [9.17, 15) is 14.5 Å². The molecule has 0 atom stereocenters. The minimum Gasteiger partial charge on any atom is -0.258 e. The monoisotopic (exact) mass is 201 g/mol. The van der Waals surface area contributed by atoms with Crippen LogP contribution in [0.5, 0.6) is 0 Å². The van der Waals surface area contributed by atoms with E-state index >= 15 is 0 Å². The van der Waals surface area contributed by atoms with Gasteiger partial charge in [-0.15, -0.1) is 0 Å². The Morgan fingerprint density at radius 2 is 1.57 bits per heavy atom. The molecule has 80 valence electrons. The van der Waals surface area contributed by atoms with Crippen molar-refractivity contribution in [1.29, 1.82) is 0 Å². The Labute approximate surface area is 83.7 Å². The molecule has 0 heterocycles. The fraction of sp³-hybridized carbons (Fsp3) is 0.400. The Balaban J connectivity index is 0. The standard InChI is InChI=1S/C6H4FNO2.2C2H6/c7-5-3-1-2-4-6(5)8(9)10;2*1-2/h1-4H;2*1-2H3. The molecule has 0 saturated carbocycles. The molecule has 0 fully saturated rings. The van der Waals surface area contributed by atoms with Gasteiger partial charge >= 0.3 is 5.69 Å². The highest BCUT2D eigenvalue weighted by Gasteiger charge is 2.09. The van der Waals surface area contributed by atoms with Gasteiger partial charge in [0, 0.05) is 6.07 Å². The third-order valence-electron chi connectivity index (χ3n) is 1.05. The average molecular weight is 201 g/mol. The lowest BCUT2D eigenvalue weighted by atomic mass is 10.3. The quantitative estimate of drug-likeness (QED) is 0.512. The number of rotatable bonds is 1. The van der Waals surface area contributed by atoms with Gasteiger partial charge in [-0.3, -0.25) is 10.1 Å². The Hall–Kier alpha value is -1.45. The van der Waals surface area contributed by atoms with Gasteiger partial charge in [0.05, 0.1) is 4.92 Å². The fourth-order valence-electron chi connectivity index (χ4n) is 0.600. The van der Waals surface area contributed by atoms with Crippen LogP contribution >= 0.6 is 0 Å². The summed E-state index contributed by atoms with van der Waals surface area (Å²) in [6.07, 6.45) is 0. The predicted molar refractivity (Wildman–Crippen MR) is 55.8 cm³/mol. The Morgan fingerprint density at radius 3 is 1.86 bits per heavy atom. The minimum absolute atomic E-state index is 0.484. The summed E-state index contributed by atoms with van der Waals surface area (Å²) in [5.74, 6) is -0.799. The highest BCUT2D eigenvalue weighted by molar-refractivity contribution is 5.30. The van der Waals surface area contributed by atoms with Gasteiger partial charge < -0.3 is 0 Å². The van der Waals surface area contributed by atoms with Crippen molar-refractivity contribution in [3.05, 3.63) is 40.2 Å². The highest BCUT2D eigenvalue weighted by Crippen LogP contribution is 2.14. The summed E-state index contributed by atoms with van der Waals surface area (Å²) in [6.45, 7) is 8.00. The maximum atomic E-state index is 12.4. The summed E-state index contributed by atoms with van der Waals surface area (Å²) in [6, 6.07) is 5.00. The van der Waals surface area contributed by atoms with E-state index in [0.717, 1.165) is 12.1 Å². The number of halogens is 1. The van der Waals surface area contributed by atoms with Gasteiger partial charge in [-0.1, -0.05) is 39.8 Å². The smallest absolute Gasteiger partial charge is 0.258 e. The van der Waals surface area contributed by atoms with Crippen LogP contribution in [-0.2, 0) is 0 Å². The van der Waals surface area contributed by atoms with Crippen LogP contribution in [0.3, 0.4) is 0 Å². The van der Waals surface area contributed by atoms with Gasteiger partial charge in [-0.05, 0) is 6.07 Å². The third kappa shape index (κ3) is 5.24. The van der Waals surface area contributed by atoms with Crippen molar-refractivity contribution < 1.29 is 9.31 Å². The highest BCUT2D eigenvalue weighted by atomic mass is 19.1. The zero-order chi connectivity index (χ0) is 11.6. The van der Waals surface area contributed by atoms with E-state index in [4.69, 9.17) is 0 Å². The van der Waals surface area contributed by atoms with Crippen LogP contribution in [0.4, 0.5) is 10.1 Å². The second kappa shape index (κ2) is 9.64. The molecule has 1 aromatic carbocycles. The number of hydrogen-bond acceptors (Lipinski definition) is 2. The Morgan fingerprint density at radius 1 is 1.14 bits per heavy atom. The molecular formula is C10H16FNO2. The van der Waals surface area contributed by atoms with Crippen LogP contribution in [0.15, 0.2) is 24.3 Å². The van der Waals surface area contributed by atoms with Gasteiger partial charge in [-0.2, -0.15) is 4.39 Å². The molecule has 0 aliphatic carbocycles. The van der Waals surface area contributed by atoms with Gasteiger partial charge in [0.25, 0.3) is 0 Å². The maximum absolute atomic E-state index is 12.4. The van der Waals surface area contributed by atoms with Crippen LogP contribution in [0, 0.1) is 15.9 Å². The molecule has 0 bridgehead atoms. The van der Waals surface area contributed by atoms with Crippen LogP contribution < -0.4 is 0 Å². The van der Waals surface area contributed by atoms with E-state index in [1.165, 1.54) is 12.1 Å². The zero-order valence-corrected chi connectivity index (χ0v) is 8.95. The summed E-state index contributed by atoms with van der Waals surface area (Å²) in [4.78, 5) is 9.23. The molecule has 4 heteroatoms. The zero-order valence-electron chi connectivity index (χ0n) is 8.95. The molecule has 0 N–H and O–H groups in total. The van der Waals surface area contributed by atoms with Crippen LogP contribution in [0.1, 0.15) is 27.7 Å². The summed E-state index contributed by atoms with van der Waals surface area (Å²) < 4.78 is 12.4. The molecule has 3 nitrogen and oxygen atoms in total. The van der Waals surface area contributed by atoms with Gasteiger partial charge in [0.15, 0.2) is 0 Å². The molecule has 0 spiro atoms. The van der Waals surface area contributed by atoms with Crippen molar-refractivity contribution in [3.63, 3.8) is 0 Å². The first-order chi connectivity index (χ1) is 6.72. The Kier molecular flexibility index (Phi) is 10.4. The van der Waals surface area contributed by atoms with Crippen molar-refractivity contribution in [2.24, 2.45) is 0 Å². The normalized spacial score (nSPS) is 7.50. The molecule has 14 heavy (non-hydrogen) atoms. The molecule has 1 rings (SSSR count). The summed E-state index contributed by atoms with van der Waals surface area (Å²) >= 11 is 0.